The van der Waals surface area contributed by atoms with E-state index in [2.05, 4.69) is 26.3 Å². The fourth-order valence-electron chi connectivity index (χ4n) is 1.93. The average molecular weight is 491 g/mol. The number of guanidine groups is 1. The van der Waals surface area contributed by atoms with E-state index in [0.29, 0.717) is 37.7 Å². The highest BCUT2D eigenvalue weighted by atomic mass is 127. The molecule has 8 nitrogen and oxygen atoms in total. The Morgan fingerprint density at radius 1 is 0.926 bits per heavy atom. The van der Waals surface area contributed by atoms with Gasteiger partial charge in [0, 0.05) is 38.8 Å². The first-order chi connectivity index (χ1) is 12.3. The Balaban J connectivity index is 0.00000676. The van der Waals surface area contributed by atoms with Crippen molar-refractivity contribution in [3.63, 3.8) is 0 Å². The molecule has 0 bridgehead atoms. The second-order valence-corrected chi connectivity index (χ2v) is 6.48. The fraction of sp³-hybridized carbons (Fsp3) is 0.500. The zero-order valence-electron chi connectivity index (χ0n) is 16.3. The van der Waals surface area contributed by atoms with Gasteiger partial charge in [-0.25, -0.2) is 4.79 Å². The third-order valence-corrected chi connectivity index (χ3v) is 3.05. The van der Waals surface area contributed by atoms with Gasteiger partial charge in [0.15, 0.2) is 5.96 Å². The molecule has 0 saturated heterocycles. The van der Waals surface area contributed by atoms with Crippen LogP contribution in [0.5, 0.6) is 0 Å². The summed E-state index contributed by atoms with van der Waals surface area (Å²) >= 11 is 0. The predicted octanol–water partition coefficient (Wildman–Crippen LogP) is 1.72. The van der Waals surface area contributed by atoms with Crippen molar-refractivity contribution in [3.05, 3.63) is 35.9 Å². The van der Waals surface area contributed by atoms with Crippen molar-refractivity contribution < 1.29 is 14.3 Å². The van der Waals surface area contributed by atoms with Crippen LogP contribution >= 0.6 is 24.0 Å². The highest BCUT2D eigenvalue weighted by molar-refractivity contribution is 14.0. The molecular formula is C18H30IN5O3. The minimum Gasteiger partial charge on any atom is -0.444 e. The molecule has 0 saturated carbocycles. The van der Waals surface area contributed by atoms with Crippen LogP contribution < -0.4 is 21.3 Å². The molecule has 0 unspecified atom stereocenters. The number of alkyl carbamates (subject to hydrolysis) is 1. The number of hydrogen-bond acceptors (Lipinski definition) is 4. The number of hydrogen-bond donors (Lipinski definition) is 4. The molecule has 2 amide bonds. The summed E-state index contributed by atoms with van der Waals surface area (Å²) in [6.07, 6.45) is -0.453. The summed E-state index contributed by atoms with van der Waals surface area (Å²) in [7, 11) is 1.65. The van der Waals surface area contributed by atoms with E-state index in [1.807, 2.05) is 39.0 Å². The number of halogens is 1. The summed E-state index contributed by atoms with van der Waals surface area (Å²) in [6, 6.07) is 9.04. The zero-order valence-corrected chi connectivity index (χ0v) is 18.6. The summed E-state index contributed by atoms with van der Waals surface area (Å²) in [5.41, 5.74) is 0.113. The Morgan fingerprint density at radius 3 is 1.96 bits per heavy atom. The van der Waals surface area contributed by atoms with E-state index in [0.717, 1.165) is 0 Å². The van der Waals surface area contributed by atoms with Crippen LogP contribution in [0, 0.1) is 0 Å². The molecule has 1 aromatic rings. The number of nitrogens with zero attached hydrogens (tertiary/aromatic N) is 1. The van der Waals surface area contributed by atoms with Gasteiger partial charge in [-0.1, -0.05) is 18.2 Å². The second kappa shape index (κ2) is 13.2. The van der Waals surface area contributed by atoms with Gasteiger partial charge in [-0.3, -0.25) is 9.79 Å². The van der Waals surface area contributed by atoms with Gasteiger partial charge >= 0.3 is 6.09 Å². The molecule has 1 rings (SSSR count). The normalized spacial score (nSPS) is 11.0. The molecule has 0 heterocycles. The lowest BCUT2D eigenvalue weighted by Gasteiger charge is -2.20. The standard InChI is InChI=1S/C18H29N5O3.HI/c1-18(2,3)26-17(25)23-13-12-22-16(19-4)21-11-10-20-15(24)14-8-6-5-7-9-14;/h5-9H,10-13H2,1-4H3,(H,20,24)(H,23,25)(H2,19,21,22);1H. The first kappa shape index (κ1) is 25.0. The molecular weight excluding hydrogens is 461 g/mol. The lowest BCUT2D eigenvalue weighted by atomic mass is 10.2. The SMILES string of the molecule is CN=C(NCCNC(=O)OC(C)(C)C)NCCNC(=O)c1ccccc1.I. The molecule has 0 atom stereocenters. The van der Waals surface area contributed by atoms with Gasteiger partial charge < -0.3 is 26.0 Å². The number of carbonyl (C=O) groups excluding carboxylic acids is 2. The van der Waals surface area contributed by atoms with Crippen LogP contribution in [-0.4, -0.2) is 56.8 Å². The summed E-state index contributed by atoms with van der Waals surface area (Å²) in [5, 5.41) is 11.6. The van der Waals surface area contributed by atoms with Gasteiger partial charge in [0.25, 0.3) is 5.91 Å². The number of aliphatic imine (C=N–C) groups is 1. The molecule has 152 valence electrons. The van der Waals surface area contributed by atoms with E-state index >= 15 is 0 Å². The topological polar surface area (TPSA) is 104 Å². The third kappa shape index (κ3) is 12.1. The highest BCUT2D eigenvalue weighted by Crippen LogP contribution is 2.05. The van der Waals surface area contributed by atoms with Gasteiger partial charge in [0.2, 0.25) is 0 Å². The van der Waals surface area contributed by atoms with Crippen molar-refractivity contribution in [2.45, 2.75) is 26.4 Å². The quantitative estimate of drug-likeness (QED) is 0.201. The Labute approximate surface area is 177 Å². The average Bonchev–Trinajstić information content (AvgIpc) is 2.59. The fourth-order valence-corrected chi connectivity index (χ4v) is 1.93. The largest absolute Gasteiger partial charge is 0.444 e. The molecule has 0 aliphatic heterocycles. The van der Waals surface area contributed by atoms with Crippen LogP contribution in [0.15, 0.2) is 35.3 Å². The molecule has 0 aromatic heterocycles. The number of benzene rings is 1. The Morgan fingerprint density at radius 2 is 1.44 bits per heavy atom. The van der Waals surface area contributed by atoms with Gasteiger partial charge in [0.05, 0.1) is 0 Å². The predicted molar refractivity (Wildman–Crippen MR) is 118 cm³/mol. The Bertz CT molecular complexity index is 603. The van der Waals surface area contributed by atoms with Crippen LogP contribution in [0.4, 0.5) is 4.79 Å². The maximum atomic E-state index is 11.9. The summed E-state index contributed by atoms with van der Waals surface area (Å²) in [6.45, 7) is 7.32. The second-order valence-electron chi connectivity index (χ2n) is 6.48. The molecule has 0 fully saturated rings. The maximum Gasteiger partial charge on any atom is 0.407 e. The lowest BCUT2D eigenvalue weighted by molar-refractivity contribution is 0.0528. The van der Waals surface area contributed by atoms with Crippen molar-refractivity contribution in [1.29, 1.82) is 0 Å². The smallest absolute Gasteiger partial charge is 0.407 e. The molecule has 1 aromatic carbocycles. The minimum absolute atomic E-state index is 0. The van der Waals surface area contributed by atoms with Crippen molar-refractivity contribution in [3.8, 4) is 0 Å². The molecule has 0 aliphatic rings. The van der Waals surface area contributed by atoms with Crippen molar-refractivity contribution in [2.24, 2.45) is 4.99 Å². The van der Waals surface area contributed by atoms with Gasteiger partial charge in [-0.15, -0.1) is 24.0 Å². The van der Waals surface area contributed by atoms with E-state index in [-0.39, 0.29) is 29.9 Å². The van der Waals surface area contributed by atoms with Gasteiger partial charge in [-0.05, 0) is 32.9 Å². The van der Waals surface area contributed by atoms with Crippen molar-refractivity contribution in [1.82, 2.24) is 21.3 Å². The van der Waals surface area contributed by atoms with Crippen LogP contribution in [-0.2, 0) is 4.74 Å². The number of ether oxygens (including phenoxy) is 1. The molecule has 0 radical (unpaired) electrons. The van der Waals surface area contributed by atoms with E-state index in [9.17, 15) is 9.59 Å². The summed E-state index contributed by atoms with van der Waals surface area (Å²) in [5.74, 6) is 0.474. The van der Waals surface area contributed by atoms with Crippen molar-refractivity contribution in [2.75, 3.05) is 33.2 Å². The summed E-state index contributed by atoms with van der Waals surface area (Å²) < 4.78 is 5.15. The molecule has 0 spiro atoms. The van der Waals surface area contributed by atoms with Gasteiger partial charge in [0.1, 0.15) is 5.60 Å². The van der Waals surface area contributed by atoms with Crippen LogP contribution in [0.25, 0.3) is 0 Å². The van der Waals surface area contributed by atoms with E-state index < -0.39 is 11.7 Å². The Kier molecular flexibility index (Phi) is 12.2. The first-order valence-corrected chi connectivity index (χ1v) is 8.56. The van der Waals surface area contributed by atoms with Crippen molar-refractivity contribution >= 4 is 41.9 Å². The minimum atomic E-state index is -0.515. The highest BCUT2D eigenvalue weighted by Gasteiger charge is 2.15. The van der Waals surface area contributed by atoms with E-state index in [1.54, 1.807) is 19.2 Å². The van der Waals surface area contributed by atoms with Crippen LogP contribution in [0.1, 0.15) is 31.1 Å². The number of amides is 2. The first-order valence-electron chi connectivity index (χ1n) is 8.56. The van der Waals surface area contributed by atoms with E-state index in [1.165, 1.54) is 0 Å². The number of nitrogens with one attached hydrogen (secondary N) is 4. The van der Waals surface area contributed by atoms with Crippen LogP contribution in [0.2, 0.25) is 0 Å². The van der Waals surface area contributed by atoms with E-state index in [4.69, 9.17) is 4.74 Å². The lowest BCUT2D eigenvalue weighted by Crippen LogP contribution is -2.44. The molecule has 9 heteroatoms. The molecule has 0 aliphatic carbocycles. The number of rotatable bonds is 7. The van der Waals surface area contributed by atoms with Gasteiger partial charge in [-0.2, -0.15) is 0 Å². The molecule has 4 N–H and O–H groups in total. The summed E-state index contributed by atoms with van der Waals surface area (Å²) in [4.78, 5) is 27.5. The number of carbonyl (C=O) groups is 2. The maximum absolute atomic E-state index is 11.9. The molecule has 27 heavy (non-hydrogen) atoms. The third-order valence-electron chi connectivity index (χ3n) is 3.05. The Hall–Kier alpha value is -2.04. The zero-order chi connectivity index (χ0) is 19.4. The van der Waals surface area contributed by atoms with Crippen LogP contribution in [0.3, 0.4) is 0 Å². The monoisotopic (exact) mass is 491 g/mol.